The fourth-order valence-electron chi connectivity index (χ4n) is 1.79. The van der Waals surface area contributed by atoms with Gasteiger partial charge in [0, 0.05) is 12.2 Å². The predicted octanol–water partition coefficient (Wildman–Crippen LogP) is 2.09. The number of urea groups is 1. The number of nitrogens with one attached hydrogen (secondary N) is 4. The second-order valence-electron chi connectivity index (χ2n) is 4.60. The van der Waals surface area contributed by atoms with Crippen molar-refractivity contribution in [2.45, 2.75) is 24.3 Å². The molecule has 0 spiro atoms. The van der Waals surface area contributed by atoms with Crippen molar-refractivity contribution in [3.05, 3.63) is 24.3 Å². The van der Waals surface area contributed by atoms with Crippen molar-refractivity contribution in [1.82, 2.24) is 16.0 Å². The second kappa shape index (κ2) is 7.20. The van der Waals surface area contributed by atoms with Gasteiger partial charge in [-0.15, -0.1) is 24.8 Å². The zero-order valence-corrected chi connectivity index (χ0v) is 12.2. The van der Waals surface area contributed by atoms with E-state index in [-0.39, 0.29) is 12.2 Å². The molecular formula is C12H13ClF4N4O2. The normalized spacial score (nSPS) is 24.8. The van der Waals surface area contributed by atoms with E-state index in [2.05, 4.69) is 26.0 Å². The van der Waals surface area contributed by atoms with E-state index in [1.54, 1.807) is 0 Å². The van der Waals surface area contributed by atoms with E-state index in [4.69, 9.17) is 11.6 Å². The first-order valence-electron chi connectivity index (χ1n) is 6.44. The van der Waals surface area contributed by atoms with Crippen LogP contribution in [0.3, 0.4) is 0 Å². The molecule has 0 radical (unpaired) electrons. The molecule has 1 fully saturated rings. The van der Waals surface area contributed by atoms with E-state index in [9.17, 15) is 22.4 Å². The molecule has 6 nitrogen and oxygen atoms in total. The Morgan fingerprint density at radius 2 is 1.96 bits per heavy atom. The lowest BCUT2D eigenvalue weighted by Gasteiger charge is -2.31. The number of ether oxygens (including phenoxy) is 1. The Morgan fingerprint density at radius 3 is 2.52 bits per heavy atom. The first kappa shape index (κ1) is 17.6. The number of rotatable bonds is 3. The molecule has 0 aliphatic carbocycles. The van der Waals surface area contributed by atoms with Gasteiger partial charge in [0.1, 0.15) is 23.7 Å². The Hall–Kier alpha value is -1.78. The van der Waals surface area contributed by atoms with Gasteiger partial charge in [0.2, 0.25) is 0 Å². The lowest BCUT2D eigenvalue weighted by molar-refractivity contribution is -0.274. The lowest BCUT2D eigenvalue weighted by Crippen LogP contribution is -2.64. The first-order valence-corrected chi connectivity index (χ1v) is 6.87. The smallest absolute Gasteiger partial charge is 0.406 e. The molecule has 1 heterocycles. The number of benzene rings is 1. The summed E-state index contributed by atoms with van der Waals surface area (Å²) in [6, 6.07) is 3.95. The molecule has 1 aromatic rings. The Morgan fingerprint density at radius 1 is 1.30 bits per heavy atom. The molecule has 3 unspecified atom stereocenters. The van der Waals surface area contributed by atoms with Gasteiger partial charge in [-0.2, -0.15) is 0 Å². The monoisotopic (exact) mass is 356 g/mol. The van der Waals surface area contributed by atoms with Gasteiger partial charge in [-0.3, -0.25) is 10.6 Å². The summed E-state index contributed by atoms with van der Waals surface area (Å²) >= 11 is 5.67. The van der Waals surface area contributed by atoms with Gasteiger partial charge in [0.05, 0.1) is 0 Å². The Bertz CT molecular complexity index is 543. The van der Waals surface area contributed by atoms with E-state index in [1.807, 2.05) is 0 Å². The molecule has 128 valence electrons. The summed E-state index contributed by atoms with van der Waals surface area (Å²) in [6.07, 6.45) is -6.81. The van der Waals surface area contributed by atoms with E-state index in [0.29, 0.717) is 0 Å². The van der Waals surface area contributed by atoms with Crippen LogP contribution in [0.4, 0.5) is 28.0 Å². The van der Waals surface area contributed by atoms with Gasteiger partial charge in [0.15, 0.2) is 0 Å². The highest BCUT2D eigenvalue weighted by Gasteiger charge is 2.31. The molecule has 23 heavy (non-hydrogen) atoms. The van der Waals surface area contributed by atoms with Crippen molar-refractivity contribution in [2.75, 3.05) is 11.9 Å². The summed E-state index contributed by atoms with van der Waals surface area (Å²) in [5, 5.41) is 10.1. The predicted molar refractivity (Wildman–Crippen MR) is 74.7 cm³/mol. The second-order valence-corrected chi connectivity index (χ2v) is 5.07. The van der Waals surface area contributed by atoms with Crippen LogP contribution in [0.25, 0.3) is 0 Å². The molecule has 1 aliphatic heterocycles. The van der Waals surface area contributed by atoms with Crippen molar-refractivity contribution in [3.63, 3.8) is 0 Å². The minimum absolute atomic E-state index is 0.0322. The maximum atomic E-state index is 13.1. The number of carbonyl (C=O) groups excluding carboxylic acids is 1. The Kier molecular flexibility index (Phi) is 5.50. The summed E-state index contributed by atoms with van der Waals surface area (Å²) in [6.45, 7) is -0.0322. The molecule has 0 saturated carbocycles. The van der Waals surface area contributed by atoms with Gasteiger partial charge >= 0.3 is 12.4 Å². The van der Waals surface area contributed by atoms with E-state index >= 15 is 0 Å². The Balaban J connectivity index is 1.83. The van der Waals surface area contributed by atoms with Crippen LogP contribution in [-0.2, 0) is 0 Å². The van der Waals surface area contributed by atoms with Crippen molar-refractivity contribution >= 4 is 23.3 Å². The van der Waals surface area contributed by atoms with Crippen LogP contribution in [0.2, 0.25) is 0 Å². The standard InChI is InChI=1S/C12H13ClF4N4O2/c13-9-8(14)5-18-10(20-9)21-11(22)19-6-1-3-7(4-2-6)23-12(15,16)17/h1-4,8-10,18,20H,5H2,(H2,19,21,22). The van der Waals surface area contributed by atoms with Crippen LogP contribution in [-0.4, -0.2) is 36.9 Å². The minimum atomic E-state index is -4.78. The van der Waals surface area contributed by atoms with E-state index < -0.39 is 36.1 Å². The maximum Gasteiger partial charge on any atom is 0.573 e. The summed E-state index contributed by atoms with van der Waals surface area (Å²) < 4.78 is 52.9. The highest BCUT2D eigenvalue weighted by molar-refractivity contribution is 6.20. The van der Waals surface area contributed by atoms with Crippen molar-refractivity contribution in [2.24, 2.45) is 0 Å². The average Bonchev–Trinajstić information content (AvgIpc) is 2.43. The van der Waals surface area contributed by atoms with Crippen LogP contribution in [0.15, 0.2) is 24.3 Å². The summed E-state index contributed by atoms with van der Waals surface area (Å²) in [7, 11) is 0. The molecule has 4 N–H and O–H groups in total. The SMILES string of the molecule is O=C(Nc1ccc(OC(F)(F)F)cc1)NC1NCC(F)C(Cl)N1. The largest absolute Gasteiger partial charge is 0.573 e. The molecule has 0 aromatic heterocycles. The van der Waals surface area contributed by atoms with Crippen molar-refractivity contribution in [1.29, 1.82) is 0 Å². The highest BCUT2D eigenvalue weighted by Crippen LogP contribution is 2.23. The number of carbonyl (C=O) groups is 1. The molecule has 1 saturated heterocycles. The fourth-order valence-corrected chi connectivity index (χ4v) is 2.00. The third-order valence-corrected chi connectivity index (χ3v) is 3.18. The summed E-state index contributed by atoms with van der Waals surface area (Å²) in [5.41, 5.74) is -0.695. The number of hydrogen-bond donors (Lipinski definition) is 4. The average molecular weight is 357 g/mol. The van der Waals surface area contributed by atoms with Gasteiger partial charge in [0.25, 0.3) is 0 Å². The molecule has 1 aliphatic rings. The lowest BCUT2D eigenvalue weighted by atomic mass is 10.3. The fraction of sp³-hybridized carbons (Fsp3) is 0.417. The summed E-state index contributed by atoms with van der Waals surface area (Å²) in [4.78, 5) is 11.7. The third kappa shape index (κ3) is 5.73. The molecule has 2 rings (SSSR count). The minimum Gasteiger partial charge on any atom is -0.406 e. The van der Waals surface area contributed by atoms with Gasteiger partial charge in [-0.05, 0) is 24.3 Å². The zero-order valence-electron chi connectivity index (χ0n) is 11.5. The van der Waals surface area contributed by atoms with E-state index in [1.165, 1.54) is 12.1 Å². The molecule has 0 bridgehead atoms. The van der Waals surface area contributed by atoms with Crippen LogP contribution < -0.4 is 26.0 Å². The molecule has 1 aromatic carbocycles. The number of amides is 2. The molecule has 11 heteroatoms. The van der Waals surface area contributed by atoms with Crippen LogP contribution in [0.5, 0.6) is 5.75 Å². The topological polar surface area (TPSA) is 74.4 Å². The Labute approximate surface area is 133 Å². The first-order chi connectivity index (χ1) is 10.7. The molecule has 2 amide bonds. The number of anilines is 1. The number of hydrogen-bond acceptors (Lipinski definition) is 4. The summed E-state index contributed by atoms with van der Waals surface area (Å²) in [5.74, 6) is -0.405. The van der Waals surface area contributed by atoms with Gasteiger partial charge < -0.3 is 15.4 Å². The maximum absolute atomic E-state index is 13.1. The third-order valence-electron chi connectivity index (χ3n) is 2.78. The number of halogens is 5. The van der Waals surface area contributed by atoms with Crippen molar-refractivity contribution < 1.29 is 27.1 Å². The quantitative estimate of drug-likeness (QED) is 0.380. The molecule has 3 atom stereocenters. The van der Waals surface area contributed by atoms with Gasteiger partial charge in [-0.1, -0.05) is 0 Å². The van der Waals surface area contributed by atoms with Crippen LogP contribution in [0.1, 0.15) is 0 Å². The van der Waals surface area contributed by atoms with Crippen molar-refractivity contribution in [3.8, 4) is 5.75 Å². The van der Waals surface area contributed by atoms with Crippen LogP contribution in [0, 0.1) is 0 Å². The van der Waals surface area contributed by atoms with Crippen LogP contribution >= 0.6 is 11.6 Å². The van der Waals surface area contributed by atoms with Gasteiger partial charge in [-0.25, -0.2) is 9.18 Å². The number of alkyl halides is 5. The van der Waals surface area contributed by atoms with E-state index in [0.717, 1.165) is 12.1 Å². The highest BCUT2D eigenvalue weighted by atomic mass is 35.5. The molecular weight excluding hydrogens is 344 g/mol. The zero-order chi connectivity index (χ0) is 17.0.